The summed E-state index contributed by atoms with van der Waals surface area (Å²) < 4.78 is 7.74. The number of likely N-dealkylation sites (tertiary alicyclic amines) is 1. The number of aromatic nitrogens is 2. The topological polar surface area (TPSA) is 67.1 Å². The lowest BCUT2D eigenvalue weighted by molar-refractivity contribution is -0.210. The molecule has 24 heavy (non-hydrogen) atoms. The molecule has 1 amide bonds. The molecule has 6 nitrogen and oxygen atoms in total. The van der Waals surface area contributed by atoms with Crippen molar-refractivity contribution in [3.05, 3.63) is 23.5 Å². The Morgan fingerprint density at radius 2 is 2.29 bits per heavy atom. The first kappa shape index (κ1) is 16.1. The maximum atomic E-state index is 12.6. The van der Waals surface area contributed by atoms with Gasteiger partial charge in [0, 0.05) is 49.3 Å². The first-order valence-corrected chi connectivity index (χ1v) is 9.49. The zero-order valence-corrected chi connectivity index (χ0v) is 14.7. The summed E-state index contributed by atoms with van der Waals surface area (Å²) in [4.78, 5) is 19.9. The van der Waals surface area contributed by atoms with Crippen LogP contribution in [0.25, 0.3) is 4.96 Å². The van der Waals surface area contributed by atoms with Crippen LogP contribution in [0.1, 0.15) is 31.9 Å². The predicted octanol–water partition coefficient (Wildman–Crippen LogP) is 1.72. The molecule has 3 heterocycles. The van der Waals surface area contributed by atoms with E-state index in [1.807, 2.05) is 34.0 Å². The van der Waals surface area contributed by atoms with Gasteiger partial charge in [-0.2, -0.15) is 0 Å². The summed E-state index contributed by atoms with van der Waals surface area (Å²) in [7, 11) is 0. The first-order chi connectivity index (χ1) is 11.6. The highest BCUT2D eigenvalue weighted by Crippen LogP contribution is 2.50. The van der Waals surface area contributed by atoms with Crippen molar-refractivity contribution in [2.45, 2.75) is 44.8 Å². The molecule has 2 aromatic heterocycles. The van der Waals surface area contributed by atoms with E-state index in [1.165, 1.54) is 0 Å². The third-order valence-electron chi connectivity index (χ3n) is 5.63. The Bertz CT molecular complexity index is 702. The molecule has 7 heteroatoms. The van der Waals surface area contributed by atoms with Gasteiger partial charge in [0.1, 0.15) is 0 Å². The van der Waals surface area contributed by atoms with E-state index in [0.29, 0.717) is 26.1 Å². The van der Waals surface area contributed by atoms with Crippen molar-refractivity contribution in [1.29, 1.82) is 0 Å². The third-order valence-corrected chi connectivity index (χ3v) is 6.40. The number of hydrogen-bond donors (Lipinski definition) is 1. The number of amides is 1. The summed E-state index contributed by atoms with van der Waals surface area (Å²) in [6, 6.07) is 0. The number of imidazole rings is 1. The van der Waals surface area contributed by atoms with Crippen molar-refractivity contribution in [3.63, 3.8) is 0 Å². The highest BCUT2D eigenvalue weighted by Gasteiger charge is 2.56. The number of hydrogen-bond acceptors (Lipinski definition) is 5. The Labute approximate surface area is 145 Å². The van der Waals surface area contributed by atoms with Gasteiger partial charge in [0.25, 0.3) is 0 Å². The van der Waals surface area contributed by atoms with Gasteiger partial charge in [-0.15, -0.1) is 11.3 Å². The molecule has 2 unspecified atom stereocenters. The number of aliphatic hydroxyl groups excluding tert-OH is 1. The Balaban J connectivity index is 1.36. The van der Waals surface area contributed by atoms with Crippen molar-refractivity contribution in [1.82, 2.24) is 14.3 Å². The van der Waals surface area contributed by atoms with Crippen LogP contribution in [-0.4, -0.2) is 57.2 Å². The highest BCUT2D eigenvalue weighted by molar-refractivity contribution is 7.15. The van der Waals surface area contributed by atoms with Crippen LogP contribution in [-0.2, 0) is 16.0 Å². The Morgan fingerprint density at radius 3 is 2.96 bits per heavy atom. The van der Waals surface area contributed by atoms with E-state index < -0.39 is 0 Å². The van der Waals surface area contributed by atoms with Crippen LogP contribution in [0.5, 0.6) is 0 Å². The maximum Gasteiger partial charge on any atom is 0.228 e. The first-order valence-electron chi connectivity index (χ1n) is 8.61. The summed E-state index contributed by atoms with van der Waals surface area (Å²) in [5.74, 6) is 0.123. The lowest BCUT2D eigenvalue weighted by atomic mass is 9.58. The van der Waals surface area contributed by atoms with Gasteiger partial charge in [-0.25, -0.2) is 4.98 Å². The van der Waals surface area contributed by atoms with Crippen LogP contribution in [0, 0.1) is 5.41 Å². The number of piperidine rings is 1. The molecule has 0 radical (unpaired) electrons. The second kappa shape index (κ2) is 6.13. The zero-order valence-electron chi connectivity index (χ0n) is 13.9. The van der Waals surface area contributed by atoms with Gasteiger partial charge in [-0.05, 0) is 19.8 Å². The van der Waals surface area contributed by atoms with Gasteiger partial charge < -0.3 is 14.7 Å². The van der Waals surface area contributed by atoms with E-state index in [1.54, 1.807) is 11.3 Å². The largest absolute Gasteiger partial charge is 0.392 e. The molecule has 1 N–H and O–H groups in total. The molecule has 1 saturated heterocycles. The summed E-state index contributed by atoms with van der Waals surface area (Å²) in [5.41, 5.74) is 0.687. The minimum Gasteiger partial charge on any atom is -0.392 e. The standard InChI is InChI=1S/C17H23N3O3S/c1-2-23-14-10-13(21)17(14)3-5-19(6-4-17)15(22)9-12-11-20-7-8-24-16(20)18-12/h7-8,11,13-14,21H,2-6,9-10H2,1H3. The number of carbonyl (C=O) groups is 1. The van der Waals surface area contributed by atoms with Crippen LogP contribution in [0.2, 0.25) is 0 Å². The Morgan fingerprint density at radius 1 is 1.50 bits per heavy atom. The van der Waals surface area contributed by atoms with Gasteiger partial charge in [0.05, 0.1) is 24.3 Å². The number of aliphatic hydroxyl groups is 1. The number of carbonyl (C=O) groups excluding carboxylic acids is 1. The SMILES string of the molecule is CCOC1CC(O)C12CCN(C(=O)Cc1cn3ccsc3n1)CC2. The maximum absolute atomic E-state index is 12.6. The molecule has 0 aromatic carbocycles. The van der Waals surface area contributed by atoms with Crippen LogP contribution in [0.15, 0.2) is 17.8 Å². The van der Waals surface area contributed by atoms with Gasteiger partial charge >= 0.3 is 0 Å². The van der Waals surface area contributed by atoms with Crippen LogP contribution in [0.4, 0.5) is 0 Å². The number of fused-ring (bicyclic) bond motifs is 1. The summed E-state index contributed by atoms with van der Waals surface area (Å²) >= 11 is 1.57. The Kier molecular flexibility index (Phi) is 4.10. The number of nitrogens with zero attached hydrogens (tertiary/aromatic N) is 3. The van der Waals surface area contributed by atoms with Crippen LogP contribution < -0.4 is 0 Å². The molecule has 2 atom stereocenters. The van der Waals surface area contributed by atoms with Gasteiger partial charge in [-0.3, -0.25) is 9.20 Å². The number of ether oxygens (including phenoxy) is 1. The fourth-order valence-corrected chi connectivity index (χ4v) is 4.84. The molecule has 1 saturated carbocycles. The lowest BCUT2D eigenvalue weighted by Gasteiger charge is -2.56. The van der Waals surface area contributed by atoms with Crippen molar-refractivity contribution in [2.75, 3.05) is 19.7 Å². The molecule has 0 bridgehead atoms. The molecule has 1 spiro atoms. The van der Waals surface area contributed by atoms with E-state index in [2.05, 4.69) is 4.98 Å². The summed E-state index contributed by atoms with van der Waals surface area (Å²) in [5, 5.41) is 12.2. The van der Waals surface area contributed by atoms with Crippen molar-refractivity contribution < 1.29 is 14.6 Å². The second-order valence-corrected chi connectivity index (χ2v) is 7.68. The van der Waals surface area contributed by atoms with Crippen molar-refractivity contribution in [2.24, 2.45) is 5.41 Å². The fourth-order valence-electron chi connectivity index (χ4n) is 4.12. The molecule has 2 aliphatic rings. The Hall–Kier alpha value is -1.44. The van der Waals surface area contributed by atoms with E-state index in [9.17, 15) is 9.90 Å². The van der Waals surface area contributed by atoms with Crippen molar-refractivity contribution in [3.8, 4) is 0 Å². The zero-order chi connectivity index (χ0) is 16.7. The summed E-state index contributed by atoms with van der Waals surface area (Å²) in [6.45, 7) is 4.06. The average Bonchev–Trinajstić information content (AvgIpc) is 3.16. The highest BCUT2D eigenvalue weighted by atomic mass is 32.1. The second-order valence-electron chi connectivity index (χ2n) is 6.81. The van der Waals surface area contributed by atoms with Crippen molar-refractivity contribution >= 4 is 22.2 Å². The molecule has 1 aliphatic carbocycles. The normalized spacial score (nSPS) is 26.0. The number of rotatable bonds is 4. The molecule has 130 valence electrons. The van der Waals surface area contributed by atoms with E-state index in [0.717, 1.165) is 29.9 Å². The van der Waals surface area contributed by atoms with E-state index in [4.69, 9.17) is 4.74 Å². The van der Waals surface area contributed by atoms with E-state index >= 15 is 0 Å². The number of thiazole rings is 1. The van der Waals surface area contributed by atoms with Gasteiger partial charge in [-0.1, -0.05) is 0 Å². The third kappa shape index (κ3) is 2.55. The summed E-state index contributed by atoms with van der Waals surface area (Å²) in [6.07, 6.45) is 6.46. The average molecular weight is 349 g/mol. The smallest absolute Gasteiger partial charge is 0.228 e. The monoisotopic (exact) mass is 349 g/mol. The molecule has 2 aromatic rings. The molecule has 1 aliphatic heterocycles. The minimum atomic E-state index is -0.286. The van der Waals surface area contributed by atoms with Gasteiger partial charge in [0.15, 0.2) is 4.96 Å². The minimum absolute atomic E-state index is 0.123. The fraction of sp³-hybridized carbons (Fsp3) is 0.647. The quantitative estimate of drug-likeness (QED) is 0.913. The molecular weight excluding hydrogens is 326 g/mol. The molecule has 4 rings (SSSR count). The molecule has 2 fully saturated rings. The van der Waals surface area contributed by atoms with E-state index in [-0.39, 0.29) is 23.5 Å². The molecular formula is C17H23N3O3S. The van der Waals surface area contributed by atoms with Crippen LogP contribution in [0.3, 0.4) is 0 Å². The lowest BCUT2D eigenvalue weighted by Crippen LogP contribution is -2.62. The predicted molar refractivity (Wildman–Crippen MR) is 91.1 cm³/mol. The van der Waals surface area contributed by atoms with Crippen LogP contribution >= 0.6 is 11.3 Å². The van der Waals surface area contributed by atoms with Gasteiger partial charge in [0.2, 0.25) is 5.91 Å².